The van der Waals surface area contributed by atoms with Crippen LogP contribution in [0.2, 0.25) is 0 Å². The van der Waals surface area contributed by atoms with Gasteiger partial charge in [-0.15, -0.1) is 0 Å². The average molecular weight is 423 g/mol. The fourth-order valence-corrected chi connectivity index (χ4v) is 6.72. The molecule has 0 bridgehead atoms. The second-order valence-corrected chi connectivity index (χ2v) is 9.85. The summed E-state index contributed by atoms with van der Waals surface area (Å²) in [5.74, 6) is 1.08. The Morgan fingerprint density at radius 3 is 2.62 bits per heavy atom. The van der Waals surface area contributed by atoms with Gasteiger partial charge in [0.2, 0.25) is 0 Å². The van der Waals surface area contributed by atoms with Crippen LogP contribution in [0.1, 0.15) is 50.5 Å². The maximum absolute atomic E-state index is 13.6. The van der Waals surface area contributed by atoms with E-state index in [1.54, 1.807) is 0 Å². The molecule has 2 aromatic carbocycles. The molecule has 3 atom stereocenters. The van der Waals surface area contributed by atoms with Crippen LogP contribution in [-0.4, -0.2) is 5.97 Å². The van der Waals surface area contributed by atoms with E-state index in [2.05, 4.69) is 42.5 Å². The minimum atomic E-state index is -0.406. The second kappa shape index (κ2) is 7.92. The molecule has 4 aliphatic carbocycles. The average Bonchev–Trinajstić information content (AvgIpc) is 2.87. The number of ether oxygens (including phenoxy) is 1. The third-order valence-corrected chi connectivity index (χ3v) is 8.28. The summed E-state index contributed by atoms with van der Waals surface area (Å²) in [5, 5.41) is 2.76. The molecule has 0 aliphatic heterocycles. The number of rotatable bonds is 3. The van der Waals surface area contributed by atoms with Crippen molar-refractivity contribution >= 4 is 17.6 Å². The zero-order valence-corrected chi connectivity index (χ0v) is 18.6. The van der Waals surface area contributed by atoms with Crippen LogP contribution in [-0.2, 0) is 16.1 Å². The Morgan fingerprint density at radius 1 is 0.906 bits per heavy atom. The van der Waals surface area contributed by atoms with Crippen molar-refractivity contribution in [2.45, 2.75) is 51.6 Å². The summed E-state index contributed by atoms with van der Waals surface area (Å²) in [6, 6.07) is 18.8. The van der Waals surface area contributed by atoms with Crippen LogP contribution in [0.15, 0.2) is 77.9 Å². The Labute approximate surface area is 190 Å². The largest absolute Gasteiger partial charge is 0.460 e. The van der Waals surface area contributed by atoms with E-state index in [9.17, 15) is 4.79 Å². The van der Waals surface area contributed by atoms with E-state index in [4.69, 9.17) is 4.74 Å². The Bertz CT molecular complexity index is 1230. The molecule has 2 heteroatoms. The summed E-state index contributed by atoms with van der Waals surface area (Å²) in [4.78, 5) is 13.6. The quantitative estimate of drug-likeness (QED) is 0.634. The highest BCUT2D eigenvalue weighted by Gasteiger charge is 2.50. The molecule has 162 valence electrons. The first kappa shape index (κ1) is 19.8. The van der Waals surface area contributed by atoms with Gasteiger partial charge in [-0.05, 0) is 83.1 Å². The van der Waals surface area contributed by atoms with Crippen molar-refractivity contribution in [1.29, 1.82) is 0 Å². The molecule has 6 rings (SSSR count). The van der Waals surface area contributed by atoms with E-state index in [1.807, 2.05) is 30.3 Å². The number of carbonyl (C=O) groups is 1. The topological polar surface area (TPSA) is 26.3 Å². The van der Waals surface area contributed by atoms with Crippen LogP contribution < -0.4 is 10.4 Å². The van der Waals surface area contributed by atoms with Gasteiger partial charge in [0.25, 0.3) is 0 Å². The maximum atomic E-state index is 13.6. The van der Waals surface area contributed by atoms with E-state index in [-0.39, 0.29) is 5.97 Å². The molecule has 3 unspecified atom stereocenters. The second-order valence-electron chi connectivity index (χ2n) is 9.85. The van der Waals surface area contributed by atoms with Gasteiger partial charge < -0.3 is 4.74 Å². The highest BCUT2D eigenvalue weighted by Crippen LogP contribution is 2.56. The minimum absolute atomic E-state index is 0.00531. The molecule has 32 heavy (non-hydrogen) atoms. The number of esters is 1. The van der Waals surface area contributed by atoms with Gasteiger partial charge in [0, 0.05) is 0 Å². The van der Waals surface area contributed by atoms with Crippen LogP contribution in [0, 0.1) is 17.3 Å². The fraction of sp³-hybridized carbons (Fsp3) is 0.367. The van der Waals surface area contributed by atoms with Gasteiger partial charge in [-0.25, -0.2) is 0 Å². The predicted molar refractivity (Wildman–Crippen MR) is 128 cm³/mol. The molecule has 2 aromatic rings. The first-order valence-electron chi connectivity index (χ1n) is 12.2. The van der Waals surface area contributed by atoms with Crippen LogP contribution in [0.3, 0.4) is 0 Å². The Morgan fingerprint density at radius 2 is 1.72 bits per heavy atom. The fourth-order valence-electron chi connectivity index (χ4n) is 6.72. The molecule has 0 amide bonds. The molecular formula is C30H30O2. The normalized spacial score (nSPS) is 28.1. The zero-order valence-electron chi connectivity index (χ0n) is 18.6. The molecule has 0 heterocycles. The summed E-state index contributed by atoms with van der Waals surface area (Å²) < 4.78 is 5.95. The van der Waals surface area contributed by atoms with Crippen LogP contribution in [0.4, 0.5) is 0 Å². The van der Waals surface area contributed by atoms with Crippen LogP contribution in [0.25, 0.3) is 11.6 Å². The lowest BCUT2D eigenvalue weighted by molar-refractivity contribution is -0.157. The van der Waals surface area contributed by atoms with Crippen molar-refractivity contribution < 1.29 is 9.53 Å². The van der Waals surface area contributed by atoms with Crippen molar-refractivity contribution in [3.8, 4) is 0 Å². The van der Waals surface area contributed by atoms with Gasteiger partial charge in [0.15, 0.2) is 0 Å². The standard InChI is InChI=1S/C30H30O2/c31-29(32-20-21-8-2-1-3-9-21)30-18-7-6-12-28(30)27-16-15-24-23-11-5-4-10-22(23)13-14-25(24)26(27)17-19-30/h1-5,8-11,13,15-16,25-26H,6-7,12,14,17-20H2. The van der Waals surface area contributed by atoms with Crippen molar-refractivity contribution in [3.05, 3.63) is 93.9 Å². The van der Waals surface area contributed by atoms with Crippen molar-refractivity contribution in [2.24, 2.45) is 17.3 Å². The summed E-state index contributed by atoms with van der Waals surface area (Å²) >= 11 is 0. The lowest BCUT2D eigenvalue weighted by Crippen LogP contribution is -2.44. The zero-order chi connectivity index (χ0) is 21.5. The summed E-state index contributed by atoms with van der Waals surface area (Å²) in [7, 11) is 0. The SMILES string of the molecule is O=C(OCc1ccccc1)C12CCCCC1=C1C=CC3=c4ccccc4=CCC3C1CC2. The molecule has 0 saturated heterocycles. The lowest BCUT2D eigenvalue weighted by Gasteiger charge is -2.47. The Hall–Kier alpha value is -2.87. The Balaban J connectivity index is 1.37. The molecule has 0 aromatic heterocycles. The van der Waals surface area contributed by atoms with Crippen LogP contribution >= 0.6 is 0 Å². The van der Waals surface area contributed by atoms with Crippen LogP contribution in [0.5, 0.6) is 0 Å². The van der Waals surface area contributed by atoms with E-state index >= 15 is 0 Å². The summed E-state index contributed by atoms with van der Waals surface area (Å²) in [5.41, 5.74) is 5.00. The molecule has 1 saturated carbocycles. The Kier molecular flexibility index (Phi) is 4.90. The van der Waals surface area contributed by atoms with Gasteiger partial charge in [-0.2, -0.15) is 0 Å². The van der Waals surface area contributed by atoms with E-state index in [0.29, 0.717) is 18.4 Å². The van der Waals surface area contributed by atoms with Crippen molar-refractivity contribution in [3.63, 3.8) is 0 Å². The van der Waals surface area contributed by atoms with Gasteiger partial charge in [0.05, 0.1) is 5.41 Å². The number of allylic oxidation sites excluding steroid dienone is 3. The number of fused-ring (bicyclic) bond motifs is 5. The molecule has 0 spiro atoms. The minimum Gasteiger partial charge on any atom is -0.460 e. The third kappa shape index (κ3) is 3.11. The number of hydrogen-bond acceptors (Lipinski definition) is 2. The van der Waals surface area contributed by atoms with Gasteiger partial charge >= 0.3 is 5.97 Å². The van der Waals surface area contributed by atoms with Gasteiger partial charge in [-0.1, -0.05) is 79.2 Å². The van der Waals surface area contributed by atoms with E-state index in [1.165, 1.54) is 33.6 Å². The molecule has 2 nitrogen and oxygen atoms in total. The first-order valence-corrected chi connectivity index (χ1v) is 12.2. The smallest absolute Gasteiger partial charge is 0.316 e. The number of benzene rings is 2. The maximum Gasteiger partial charge on any atom is 0.316 e. The van der Waals surface area contributed by atoms with Crippen molar-refractivity contribution in [1.82, 2.24) is 0 Å². The van der Waals surface area contributed by atoms with E-state index < -0.39 is 5.41 Å². The predicted octanol–water partition coefficient (Wildman–Crippen LogP) is 5.22. The molecule has 0 radical (unpaired) electrons. The number of hydrogen-bond donors (Lipinski definition) is 0. The van der Waals surface area contributed by atoms with Gasteiger partial charge in [-0.3, -0.25) is 4.79 Å². The highest BCUT2D eigenvalue weighted by atomic mass is 16.5. The molecule has 1 fully saturated rings. The summed E-state index contributed by atoms with van der Waals surface area (Å²) in [6.07, 6.45) is 14.5. The van der Waals surface area contributed by atoms with E-state index in [0.717, 1.165) is 44.1 Å². The number of carbonyl (C=O) groups excluding carboxylic acids is 1. The highest BCUT2D eigenvalue weighted by molar-refractivity contribution is 5.82. The van der Waals surface area contributed by atoms with Gasteiger partial charge in [0.1, 0.15) is 6.61 Å². The molecule has 4 aliphatic rings. The molecule has 0 N–H and O–H groups in total. The summed E-state index contributed by atoms with van der Waals surface area (Å²) in [6.45, 7) is 0.371. The lowest BCUT2D eigenvalue weighted by atomic mass is 9.56. The third-order valence-electron chi connectivity index (χ3n) is 8.28. The van der Waals surface area contributed by atoms with Crippen molar-refractivity contribution in [2.75, 3.05) is 0 Å². The molecular weight excluding hydrogens is 392 g/mol. The first-order chi connectivity index (χ1) is 15.8. The monoisotopic (exact) mass is 422 g/mol.